The predicted octanol–water partition coefficient (Wildman–Crippen LogP) is 2.80. The highest BCUT2D eigenvalue weighted by atomic mass is 16.5. The lowest BCUT2D eigenvalue weighted by Gasteiger charge is -2.34. The fourth-order valence-corrected chi connectivity index (χ4v) is 3.30. The van der Waals surface area contributed by atoms with Gasteiger partial charge in [-0.2, -0.15) is 0 Å². The van der Waals surface area contributed by atoms with Crippen LogP contribution in [-0.4, -0.2) is 36.9 Å². The zero-order valence-electron chi connectivity index (χ0n) is 14.0. The van der Waals surface area contributed by atoms with Gasteiger partial charge in [0.2, 0.25) is 0 Å². The first-order valence-corrected chi connectivity index (χ1v) is 7.88. The van der Waals surface area contributed by atoms with Gasteiger partial charge in [-0.3, -0.25) is 4.98 Å². The Kier molecular flexibility index (Phi) is 5.22. The Morgan fingerprint density at radius 3 is 2.81 bits per heavy atom. The maximum Gasteiger partial charge on any atom is 0.128 e. The van der Waals surface area contributed by atoms with Crippen LogP contribution in [0.2, 0.25) is 0 Å². The molecule has 1 fully saturated rings. The summed E-state index contributed by atoms with van der Waals surface area (Å²) < 4.78 is 11.5. The van der Waals surface area contributed by atoms with Crippen LogP contribution in [0.25, 0.3) is 0 Å². The normalized spacial score (nSPS) is 23.3. The number of methoxy groups -OCH3 is 1. The first kappa shape index (κ1) is 16.2. The molecule has 1 aliphatic rings. The lowest BCUT2D eigenvalue weighted by atomic mass is 9.88. The van der Waals surface area contributed by atoms with E-state index in [4.69, 9.17) is 9.47 Å². The summed E-state index contributed by atoms with van der Waals surface area (Å²) in [7, 11) is 1.72. The number of aromatic nitrogens is 1. The van der Waals surface area contributed by atoms with Crippen LogP contribution in [0.3, 0.4) is 0 Å². The number of rotatable bonds is 6. The highest BCUT2D eigenvalue weighted by molar-refractivity contribution is 5.41. The van der Waals surface area contributed by atoms with Gasteiger partial charge in [0.25, 0.3) is 0 Å². The van der Waals surface area contributed by atoms with Crippen molar-refractivity contribution in [3.05, 3.63) is 23.0 Å². The Morgan fingerprint density at radius 2 is 2.24 bits per heavy atom. The third-order valence-corrected chi connectivity index (χ3v) is 4.58. The number of aryl methyl sites for hydroxylation is 1. The molecule has 4 nitrogen and oxygen atoms in total. The van der Waals surface area contributed by atoms with Crippen molar-refractivity contribution in [3.63, 3.8) is 0 Å². The Hall–Kier alpha value is -1.13. The zero-order valence-corrected chi connectivity index (χ0v) is 14.0. The first-order chi connectivity index (χ1) is 10.0. The largest absolute Gasteiger partial charge is 0.496 e. The van der Waals surface area contributed by atoms with E-state index in [2.05, 4.69) is 31.1 Å². The quantitative estimate of drug-likeness (QED) is 0.875. The average molecular weight is 292 g/mol. The highest BCUT2D eigenvalue weighted by Crippen LogP contribution is 2.32. The minimum Gasteiger partial charge on any atom is -0.496 e. The number of hydrogen-bond donors (Lipinski definition) is 1. The summed E-state index contributed by atoms with van der Waals surface area (Å²) in [6.07, 6.45) is 5.02. The molecular weight excluding hydrogens is 264 g/mol. The van der Waals surface area contributed by atoms with E-state index in [0.717, 1.165) is 55.0 Å². The van der Waals surface area contributed by atoms with E-state index >= 15 is 0 Å². The van der Waals surface area contributed by atoms with Gasteiger partial charge >= 0.3 is 0 Å². The molecule has 0 radical (unpaired) electrons. The number of nitrogens with one attached hydrogen (secondary N) is 1. The molecule has 0 aromatic carbocycles. The smallest absolute Gasteiger partial charge is 0.128 e. The van der Waals surface area contributed by atoms with Gasteiger partial charge in [0, 0.05) is 42.1 Å². The van der Waals surface area contributed by atoms with Crippen molar-refractivity contribution >= 4 is 0 Å². The van der Waals surface area contributed by atoms with Crippen LogP contribution < -0.4 is 10.1 Å². The molecule has 0 spiro atoms. The third kappa shape index (κ3) is 3.38. The van der Waals surface area contributed by atoms with Crippen LogP contribution in [0, 0.1) is 13.8 Å². The molecule has 0 aliphatic carbocycles. The van der Waals surface area contributed by atoms with Crippen LogP contribution in [0.4, 0.5) is 0 Å². The number of ether oxygens (including phenoxy) is 2. The van der Waals surface area contributed by atoms with E-state index in [1.54, 1.807) is 7.11 Å². The highest BCUT2D eigenvalue weighted by Gasteiger charge is 2.38. The molecule has 2 rings (SSSR count). The fraction of sp³-hybridized carbons (Fsp3) is 0.706. The van der Waals surface area contributed by atoms with E-state index < -0.39 is 0 Å². The van der Waals surface area contributed by atoms with Crippen molar-refractivity contribution < 1.29 is 9.47 Å². The molecule has 2 heterocycles. The van der Waals surface area contributed by atoms with E-state index in [-0.39, 0.29) is 11.6 Å². The summed E-state index contributed by atoms with van der Waals surface area (Å²) >= 11 is 0. The van der Waals surface area contributed by atoms with Gasteiger partial charge in [0.15, 0.2) is 0 Å². The Labute approximate surface area is 128 Å². The van der Waals surface area contributed by atoms with Gasteiger partial charge < -0.3 is 14.8 Å². The van der Waals surface area contributed by atoms with Crippen molar-refractivity contribution in [3.8, 4) is 5.75 Å². The minimum absolute atomic E-state index is 0.0950. The summed E-state index contributed by atoms with van der Waals surface area (Å²) in [4.78, 5) is 4.64. The second kappa shape index (κ2) is 6.75. The van der Waals surface area contributed by atoms with E-state index in [9.17, 15) is 0 Å². The molecule has 1 aromatic rings. The molecule has 1 aromatic heterocycles. The third-order valence-electron chi connectivity index (χ3n) is 4.58. The maximum absolute atomic E-state index is 6.03. The SMILES string of the molecule is CCNC(Cc1ncc(C)c(OC)c1C)C1(C)CCCO1. The number of pyridine rings is 1. The van der Waals surface area contributed by atoms with Crippen LogP contribution in [0.1, 0.15) is 43.5 Å². The number of nitrogens with zero attached hydrogens (tertiary/aromatic N) is 1. The predicted molar refractivity (Wildman–Crippen MR) is 85.0 cm³/mol. The fourth-order valence-electron chi connectivity index (χ4n) is 3.30. The van der Waals surface area contributed by atoms with Gasteiger partial charge in [-0.05, 0) is 40.2 Å². The summed E-state index contributed by atoms with van der Waals surface area (Å²) in [5.41, 5.74) is 3.23. The monoisotopic (exact) mass is 292 g/mol. The molecule has 118 valence electrons. The van der Waals surface area contributed by atoms with E-state index in [1.807, 2.05) is 13.1 Å². The van der Waals surface area contributed by atoms with Crippen LogP contribution in [0.15, 0.2) is 6.20 Å². The van der Waals surface area contributed by atoms with Crippen molar-refractivity contribution in [2.24, 2.45) is 0 Å². The van der Waals surface area contributed by atoms with E-state index in [0.29, 0.717) is 0 Å². The Bertz CT molecular complexity index is 482. The molecule has 0 saturated carbocycles. The first-order valence-electron chi connectivity index (χ1n) is 7.88. The number of hydrogen-bond acceptors (Lipinski definition) is 4. The molecule has 0 bridgehead atoms. The maximum atomic E-state index is 6.03. The van der Waals surface area contributed by atoms with Gasteiger partial charge in [0.05, 0.1) is 12.7 Å². The summed E-state index contributed by atoms with van der Waals surface area (Å²) in [5.74, 6) is 0.952. The summed E-state index contributed by atoms with van der Waals surface area (Å²) in [5, 5.41) is 3.59. The Morgan fingerprint density at radius 1 is 1.48 bits per heavy atom. The molecule has 2 unspecified atom stereocenters. The summed E-state index contributed by atoms with van der Waals surface area (Å²) in [6.45, 7) is 10.3. The lowest BCUT2D eigenvalue weighted by Crippen LogP contribution is -2.50. The van der Waals surface area contributed by atoms with Gasteiger partial charge in [0.1, 0.15) is 5.75 Å². The number of likely N-dealkylation sites (N-methyl/N-ethyl adjacent to an activating group) is 1. The molecular formula is C17H28N2O2. The second-order valence-electron chi connectivity index (χ2n) is 6.13. The van der Waals surface area contributed by atoms with Crippen LogP contribution >= 0.6 is 0 Å². The molecule has 1 aliphatic heterocycles. The molecule has 1 N–H and O–H groups in total. The molecule has 2 atom stereocenters. The zero-order chi connectivity index (χ0) is 15.5. The van der Waals surface area contributed by atoms with Crippen molar-refractivity contribution in [2.75, 3.05) is 20.3 Å². The standard InChI is InChI=1S/C17H28N2O2/c1-6-18-15(17(4)8-7-9-21-17)10-14-13(3)16(20-5)12(2)11-19-14/h11,15,18H,6-10H2,1-5H3. The Balaban J connectivity index is 2.25. The molecule has 0 amide bonds. The van der Waals surface area contributed by atoms with E-state index in [1.165, 1.54) is 0 Å². The molecule has 21 heavy (non-hydrogen) atoms. The minimum atomic E-state index is -0.0950. The van der Waals surface area contributed by atoms with Crippen LogP contribution in [-0.2, 0) is 11.2 Å². The van der Waals surface area contributed by atoms with Crippen molar-refractivity contribution in [1.82, 2.24) is 10.3 Å². The second-order valence-corrected chi connectivity index (χ2v) is 6.13. The summed E-state index contributed by atoms with van der Waals surface area (Å²) in [6, 6.07) is 0.281. The van der Waals surface area contributed by atoms with Gasteiger partial charge in [-0.25, -0.2) is 0 Å². The van der Waals surface area contributed by atoms with Crippen molar-refractivity contribution in [2.45, 2.75) is 58.6 Å². The van der Waals surface area contributed by atoms with Gasteiger partial charge in [-0.1, -0.05) is 6.92 Å². The van der Waals surface area contributed by atoms with Crippen LogP contribution in [0.5, 0.6) is 5.75 Å². The van der Waals surface area contributed by atoms with Gasteiger partial charge in [-0.15, -0.1) is 0 Å². The molecule has 4 heteroatoms. The lowest BCUT2D eigenvalue weighted by molar-refractivity contribution is -0.0113. The van der Waals surface area contributed by atoms with Crippen molar-refractivity contribution in [1.29, 1.82) is 0 Å². The topological polar surface area (TPSA) is 43.4 Å². The molecule has 1 saturated heterocycles. The average Bonchev–Trinajstić information content (AvgIpc) is 2.90.